The van der Waals surface area contributed by atoms with E-state index < -0.39 is 0 Å². The molecule has 0 amide bonds. The lowest BCUT2D eigenvalue weighted by atomic mass is 10.2. The molecule has 0 aliphatic rings. The van der Waals surface area contributed by atoms with Gasteiger partial charge in [-0.1, -0.05) is 19.1 Å². The van der Waals surface area contributed by atoms with Gasteiger partial charge in [-0.25, -0.2) is 14.2 Å². The molecule has 0 aliphatic carbocycles. The molecule has 2 atom stereocenters. The van der Waals surface area contributed by atoms with E-state index >= 15 is 0 Å². The standard InChI is InChI=1S/C21H29FN4O3S.HI/c1-6-15(29-17-11-9-8-10-16(17)22)12-24-21(23-5)26-14(4)19-25-13(3)18(30-19)20(27)28-7-2;/h8-11,14-15H,6-7,12H2,1-5H3,(H2,23,24,26);1H. The molecular weight excluding hydrogens is 534 g/mol. The fraction of sp³-hybridized carbons (Fsp3) is 0.476. The van der Waals surface area contributed by atoms with Gasteiger partial charge >= 0.3 is 5.97 Å². The highest BCUT2D eigenvalue weighted by Crippen LogP contribution is 2.24. The Bertz CT molecular complexity index is 878. The van der Waals surface area contributed by atoms with Crippen molar-refractivity contribution in [3.05, 3.63) is 45.7 Å². The van der Waals surface area contributed by atoms with Crippen LogP contribution in [0.2, 0.25) is 0 Å². The van der Waals surface area contributed by atoms with Gasteiger partial charge in [0.05, 0.1) is 24.9 Å². The Morgan fingerprint density at radius 3 is 2.65 bits per heavy atom. The van der Waals surface area contributed by atoms with Gasteiger partial charge in [-0.05, 0) is 39.3 Å². The quantitative estimate of drug-likeness (QED) is 0.203. The number of carbonyl (C=O) groups excluding carboxylic acids is 1. The van der Waals surface area contributed by atoms with Gasteiger partial charge in [-0.15, -0.1) is 35.3 Å². The molecule has 0 aliphatic heterocycles. The van der Waals surface area contributed by atoms with E-state index in [1.54, 1.807) is 39.1 Å². The van der Waals surface area contributed by atoms with Gasteiger partial charge < -0.3 is 20.1 Å². The van der Waals surface area contributed by atoms with Crippen LogP contribution >= 0.6 is 35.3 Å². The number of carbonyl (C=O) groups is 1. The Morgan fingerprint density at radius 2 is 2.03 bits per heavy atom. The predicted octanol–water partition coefficient (Wildman–Crippen LogP) is 4.47. The number of thiazole rings is 1. The van der Waals surface area contributed by atoms with Gasteiger partial charge in [0.1, 0.15) is 16.0 Å². The largest absolute Gasteiger partial charge is 0.486 e. The molecule has 0 saturated heterocycles. The highest BCUT2D eigenvalue weighted by molar-refractivity contribution is 14.0. The summed E-state index contributed by atoms with van der Waals surface area (Å²) in [7, 11) is 1.66. The molecular formula is C21H30FIN4O3S. The Balaban J connectivity index is 0.00000480. The number of hydrogen-bond acceptors (Lipinski definition) is 6. The number of nitrogens with one attached hydrogen (secondary N) is 2. The van der Waals surface area contributed by atoms with Gasteiger partial charge in [0.15, 0.2) is 17.5 Å². The number of nitrogens with zero attached hydrogens (tertiary/aromatic N) is 2. The van der Waals surface area contributed by atoms with E-state index in [-0.39, 0.29) is 53.7 Å². The van der Waals surface area contributed by atoms with Gasteiger partial charge in [-0.2, -0.15) is 0 Å². The van der Waals surface area contributed by atoms with Crippen LogP contribution in [-0.2, 0) is 4.74 Å². The maximum absolute atomic E-state index is 13.8. The van der Waals surface area contributed by atoms with Crippen LogP contribution in [0, 0.1) is 12.7 Å². The van der Waals surface area contributed by atoms with E-state index in [2.05, 4.69) is 20.6 Å². The number of aromatic nitrogens is 1. The number of ether oxygens (including phenoxy) is 2. The minimum Gasteiger partial charge on any atom is -0.486 e. The molecule has 10 heteroatoms. The van der Waals surface area contributed by atoms with E-state index in [4.69, 9.17) is 9.47 Å². The van der Waals surface area contributed by atoms with Crippen LogP contribution in [0.15, 0.2) is 29.3 Å². The van der Waals surface area contributed by atoms with Crippen molar-refractivity contribution < 1.29 is 18.7 Å². The molecule has 0 saturated carbocycles. The summed E-state index contributed by atoms with van der Waals surface area (Å²) in [4.78, 5) is 21.2. The smallest absolute Gasteiger partial charge is 0.350 e. The van der Waals surface area contributed by atoms with Crippen molar-refractivity contribution in [3.63, 3.8) is 0 Å². The Morgan fingerprint density at radius 1 is 1.32 bits per heavy atom. The van der Waals surface area contributed by atoms with E-state index in [9.17, 15) is 9.18 Å². The van der Waals surface area contributed by atoms with Crippen LogP contribution in [-0.4, -0.2) is 43.2 Å². The van der Waals surface area contributed by atoms with E-state index in [1.165, 1.54) is 17.4 Å². The second kappa shape index (κ2) is 13.5. The Labute approximate surface area is 203 Å². The first-order valence-electron chi connectivity index (χ1n) is 9.92. The van der Waals surface area contributed by atoms with Gasteiger partial charge in [0.25, 0.3) is 0 Å². The lowest BCUT2D eigenvalue weighted by Gasteiger charge is -2.21. The fourth-order valence-electron chi connectivity index (χ4n) is 2.65. The van der Waals surface area contributed by atoms with Gasteiger partial charge in [-0.3, -0.25) is 4.99 Å². The summed E-state index contributed by atoms with van der Waals surface area (Å²) in [5.41, 5.74) is 0.648. The molecule has 2 rings (SSSR count). The minimum atomic E-state index is -0.386. The van der Waals surface area contributed by atoms with E-state index in [0.29, 0.717) is 36.1 Å². The maximum atomic E-state index is 13.8. The normalized spacial score (nSPS) is 13.0. The first-order valence-corrected chi connectivity index (χ1v) is 10.7. The van der Waals surface area contributed by atoms with Crippen LogP contribution < -0.4 is 15.4 Å². The third-order valence-electron chi connectivity index (χ3n) is 4.30. The fourth-order valence-corrected chi connectivity index (χ4v) is 3.61. The van der Waals surface area contributed by atoms with Crippen LogP contribution in [0.25, 0.3) is 0 Å². The van der Waals surface area contributed by atoms with Crippen LogP contribution in [0.1, 0.15) is 53.6 Å². The third kappa shape index (κ3) is 7.91. The lowest BCUT2D eigenvalue weighted by molar-refractivity contribution is 0.0531. The summed E-state index contributed by atoms with van der Waals surface area (Å²) in [6.07, 6.45) is 0.468. The highest BCUT2D eigenvalue weighted by Gasteiger charge is 2.20. The number of hydrogen-bond donors (Lipinski definition) is 2. The van der Waals surface area contributed by atoms with Crippen molar-refractivity contribution >= 4 is 47.2 Å². The average molecular weight is 564 g/mol. The van der Waals surface area contributed by atoms with Crippen LogP contribution in [0.5, 0.6) is 5.75 Å². The van der Waals surface area contributed by atoms with Crippen molar-refractivity contribution in [2.24, 2.45) is 4.99 Å². The summed E-state index contributed by atoms with van der Waals surface area (Å²) < 4.78 is 24.7. The highest BCUT2D eigenvalue weighted by atomic mass is 127. The summed E-state index contributed by atoms with van der Waals surface area (Å²) in [5, 5.41) is 7.21. The summed E-state index contributed by atoms with van der Waals surface area (Å²) in [6.45, 7) is 8.24. The number of aryl methyl sites for hydroxylation is 1. The number of benzene rings is 1. The second-order valence-electron chi connectivity index (χ2n) is 6.58. The first-order chi connectivity index (χ1) is 14.4. The SMILES string of the molecule is CCOC(=O)c1sc(C(C)NC(=NC)NCC(CC)Oc2ccccc2F)nc1C.I. The summed E-state index contributed by atoms with van der Waals surface area (Å²) in [6, 6.07) is 6.18. The zero-order valence-electron chi connectivity index (χ0n) is 18.4. The van der Waals surface area contributed by atoms with Crippen LogP contribution in [0.4, 0.5) is 4.39 Å². The molecule has 0 spiro atoms. The zero-order valence-corrected chi connectivity index (χ0v) is 21.5. The summed E-state index contributed by atoms with van der Waals surface area (Å²) in [5.74, 6) is 0.0454. The topological polar surface area (TPSA) is 84.8 Å². The molecule has 172 valence electrons. The van der Waals surface area contributed by atoms with Crippen molar-refractivity contribution in [3.8, 4) is 5.75 Å². The predicted molar refractivity (Wildman–Crippen MR) is 132 cm³/mol. The molecule has 2 N–H and O–H groups in total. The molecule has 2 aromatic rings. The number of aliphatic imine (C=N–C) groups is 1. The molecule has 0 fully saturated rings. The van der Waals surface area contributed by atoms with Crippen LogP contribution in [0.3, 0.4) is 0 Å². The molecule has 1 aromatic carbocycles. The van der Waals surface area contributed by atoms with Crippen molar-refractivity contribution in [1.82, 2.24) is 15.6 Å². The Kier molecular flexibility index (Phi) is 11.8. The molecule has 2 unspecified atom stereocenters. The molecule has 0 bridgehead atoms. The van der Waals surface area contributed by atoms with Gasteiger partial charge in [0, 0.05) is 7.05 Å². The number of guanidine groups is 1. The molecule has 7 nitrogen and oxygen atoms in total. The minimum absolute atomic E-state index is 0. The monoisotopic (exact) mass is 564 g/mol. The summed E-state index contributed by atoms with van der Waals surface area (Å²) >= 11 is 1.30. The molecule has 1 heterocycles. The molecule has 31 heavy (non-hydrogen) atoms. The average Bonchev–Trinajstić information content (AvgIpc) is 3.13. The third-order valence-corrected chi connectivity index (χ3v) is 5.62. The molecule has 1 aromatic heterocycles. The number of rotatable bonds is 9. The number of esters is 1. The first kappa shape index (κ1) is 27.1. The zero-order chi connectivity index (χ0) is 22.1. The van der Waals surface area contributed by atoms with Crippen molar-refractivity contribution in [2.45, 2.75) is 46.3 Å². The van der Waals surface area contributed by atoms with E-state index in [0.717, 1.165) is 5.01 Å². The van der Waals surface area contributed by atoms with Crippen molar-refractivity contribution in [1.29, 1.82) is 0 Å². The second-order valence-corrected chi connectivity index (χ2v) is 7.62. The van der Waals surface area contributed by atoms with Crippen molar-refractivity contribution in [2.75, 3.05) is 20.2 Å². The van der Waals surface area contributed by atoms with Gasteiger partial charge in [0.2, 0.25) is 0 Å². The number of para-hydroxylation sites is 1. The van der Waals surface area contributed by atoms with E-state index in [1.807, 2.05) is 13.8 Å². The number of halogens is 2. The Hall–Kier alpha value is -1.95. The molecule has 0 radical (unpaired) electrons. The lowest BCUT2D eigenvalue weighted by Crippen LogP contribution is -2.43. The maximum Gasteiger partial charge on any atom is 0.350 e.